The lowest BCUT2D eigenvalue weighted by molar-refractivity contribution is 0.244. The van der Waals surface area contributed by atoms with E-state index in [0.29, 0.717) is 6.04 Å². The summed E-state index contributed by atoms with van der Waals surface area (Å²) in [5.74, 6) is 1.12. The van der Waals surface area contributed by atoms with E-state index in [1.54, 1.807) is 0 Å². The molecule has 118 valence electrons. The number of benzene rings is 1. The number of nitrogens with one attached hydrogen (secondary N) is 1. The average Bonchev–Trinajstić information content (AvgIpc) is 3.16. The number of aliphatic imine (C=N–C) groups is 1. The summed E-state index contributed by atoms with van der Waals surface area (Å²) < 4.78 is 0. The summed E-state index contributed by atoms with van der Waals surface area (Å²) in [4.78, 5) is 11.7. The third-order valence-corrected chi connectivity index (χ3v) is 4.82. The molecule has 4 rings (SSSR count). The molecule has 23 heavy (non-hydrogen) atoms. The Morgan fingerprint density at radius 3 is 2.91 bits per heavy atom. The molecule has 1 aromatic carbocycles. The maximum absolute atomic E-state index is 5.02. The smallest absolute Gasteiger partial charge is 0.120 e. The Hall–Kier alpha value is -2.20. The van der Waals surface area contributed by atoms with Crippen molar-refractivity contribution in [3.05, 3.63) is 59.9 Å². The number of pyridine rings is 1. The number of hydrogen-bond donors (Lipinski definition) is 1. The van der Waals surface area contributed by atoms with Crippen LogP contribution >= 0.6 is 0 Å². The highest BCUT2D eigenvalue weighted by atomic mass is 15.4. The van der Waals surface area contributed by atoms with Gasteiger partial charge in [0.2, 0.25) is 0 Å². The van der Waals surface area contributed by atoms with E-state index in [-0.39, 0.29) is 6.17 Å². The van der Waals surface area contributed by atoms with Gasteiger partial charge in [0.25, 0.3) is 0 Å². The lowest BCUT2D eigenvalue weighted by atomic mass is 10.1. The van der Waals surface area contributed by atoms with Crippen LogP contribution in [0.3, 0.4) is 0 Å². The van der Waals surface area contributed by atoms with E-state index in [1.807, 2.05) is 18.5 Å². The number of fused-ring (bicyclic) bond motifs is 1. The molecule has 1 fully saturated rings. The molecule has 0 aliphatic carbocycles. The van der Waals surface area contributed by atoms with Gasteiger partial charge in [-0.05, 0) is 37.0 Å². The van der Waals surface area contributed by atoms with Gasteiger partial charge >= 0.3 is 0 Å². The number of rotatable bonds is 3. The molecular weight excluding hydrogens is 284 g/mol. The molecule has 0 bridgehead atoms. The van der Waals surface area contributed by atoms with Crippen molar-refractivity contribution in [2.24, 2.45) is 4.99 Å². The van der Waals surface area contributed by atoms with Crippen LogP contribution in [0.25, 0.3) is 0 Å². The Balaban J connectivity index is 1.56. The molecule has 1 saturated heterocycles. The van der Waals surface area contributed by atoms with Crippen LogP contribution in [0.4, 0.5) is 5.69 Å². The lowest BCUT2D eigenvalue weighted by Gasteiger charge is -2.22. The zero-order valence-electron chi connectivity index (χ0n) is 13.4. The fraction of sp³-hybridized carbons (Fsp3) is 0.368. The molecule has 0 radical (unpaired) electrons. The second-order valence-corrected chi connectivity index (χ2v) is 6.40. The third kappa shape index (κ3) is 2.86. The fourth-order valence-corrected chi connectivity index (χ4v) is 3.62. The van der Waals surface area contributed by atoms with E-state index < -0.39 is 0 Å². The van der Waals surface area contributed by atoms with Crippen molar-refractivity contribution in [2.75, 3.05) is 11.9 Å². The number of nitrogens with zero attached hydrogens (tertiary/aromatic N) is 3. The molecule has 2 atom stereocenters. The summed E-state index contributed by atoms with van der Waals surface area (Å²) in [7, 11) is 0. The van der Waals surface area contributed by atoms with E-state index in [1.165, 1.54) is 18.4 Å². The number of aryl methyl sites for hydroxylation is 1. The summed E-state index contributed by atoms with van der Waals surface area (Å²) in [6, 6.07) is 13.1. The second-order valence-electron chi connectivity index (χ2n) is 6.40. The quantitative estimate of drug-likeness (QED) is 0.946. The third-order valence-electron chi connectivity index (χ3n) is 4.82. The van der Waals surface area contributed by atoms with Crippen LogP contribution in [0.2, 0.25) is 0 Å². The Labute approximate surface area is 137 Å². The van der Waals surface area contributed by atoms with Gasteiger partial charge in [0.15, 0.2) is 0 Å². The van der Waals surface area contributed by atoms with Crippen molar-refractivity contribution in [2.45, 2.75) is 38.4 Å². The van der Waals surface area contributed by atoms with Gasteiger partial charge in [-0.2, -0.15) is 0 Å². The maximum atomic E-state index is 5.02. The zero-order chi connectivity index (χ0) is 15.6. The molecule has 3 heterocycles. The second kappa shape index (κ2) is 6.13. The van der Waals surface area contributed by atoms with E-state index in [4.69, 9.17) is 4.99 Å². The molecule has 4 nitrogen and oxygen atoms in total. The van der Waals surface area contributed by atoms with E-state index in [0.717, 1.165) is 30.1 Å². The minimum Gasteiger partial charge on any atom is -0.342 e. The van der Waals surface area contributed by atoms with Gasteiger partial charge in [0.05, 0.1) is 6.04 Å². The first-order chi connectivity index (χ1) is 11.3. The van der Waals surface area contributed by atoms with Crippen LogP contribution in [-0.4, -0.2) is 34.5 Å². The Morgan fingerprint density at radius 1 is 1.22 bits per heavy atom. The monoisotopic (exact) mass is 306 g/mol. The first-order valence-corrected chi connectivity index (χ1v) is 8.36. The average molecular weight is 306 g/mol. The van der Waals surface area contributed by atoms with Crippen LogP contribution in [0.15, 0.2) is 53.8 Å². The van der Waals surface area contributed by atoms with Gasteiger partial charge in [-0.25, -0.2) is 0 Å². The maximum Gasteiger partial charge on any atom is 0.120 e. The van der Waals surface area contributed by atoms with E-state index in [9.17, 15) is 0 Å². The largest absolute Gasteiger partial charge is 0.342 e. The molecule has 2 aliphatic rings. The van der Waals surface area contributed by atoms with Crippen LogP contribution in [0, 0.1) is 6.92 Å². The van der Waals surface area contributed by atoms with Crippen molar-refractivity contribution in [1.29, 1.82) is 0 Å². The van der Waals surface area contributed by atoms with Crippen molar-refractivity contribution in [3.8, 4) is 0 Å². The van der Waals surface area contributed by atoms with Crippen LogP contribution in [0.1, 0.15) is 24.0 Å². The lowest BCUT2D eigenvalue weighted by Crippen LogP contribution is -2.37. The van der Waals surface area contributed by atoms with Gasteiger partial charge in [-0.15, -0.1) is 0 Å². The topological polar surface area (TPSA) is 40.5 Å². The van der Waals surface area contributed by atoms with Crippen molar-refractivity contribution < 1.29 is 0 Å². The first-order valence-electron chi connectivity index (χ1n) is 8.36. The Kier molecular flexibility index (Phi) is 3.83. The number of anilines is 1. The van der Waals surface area contributed by atoms with Gasteiger partial charge in [0.1, 0.15) is 12.0 Å². The summed E-state index contributed by atoms with van der Waals surface area (Å²) in [6.45, 7) is 3.23. The summed E-state index contributed by atoms with van der Waals surface area (Å²) in [5.41, 5.74) is 3.63. The number of amidine groups is 1. The van der Waals surface area contributed by atoms with Gasteiger partial charge in [-0.1, -0.05) is 30.3 Å². The standard InChI is InChI=1S/C19H22N4/c1-14-13-20-10-9-16(14)21-19-17-8-5-11-23(17)18(22-19)12-15-6-3-2-4-7-15/h2-4,6-7,9-10,13,17-18H,5,8,11-12H2,1H3,(H,20,21,22)/t17-,18?/m1/s1. The molecule has 2 aromatic rings. The molecule has 0 spiro atoms. The highest BCUT2D eigenvalue weighted by molar-refractivity contribution is 6.01. The SMILES string of the molecule is Cc1cnccc1NC1=NC(Cc2ccccc2)N2CCC[C@H]12. The molecule has 1 N–H and O–H groups in total. The van der Waals surface area contributed by atoms with Crippen molar-refractivity contribution in [1.82, 2.24) is 9.88 Å². The molecule has 1 aromatic heterocycles. The van der Waals surface area contributed by atoms with Crippen LogP contribution < -0.4 is 5.32 Å². The summed E-state index contributed by atoms with van der Waals surface area (Å²) in [5, 5.41) is 3.56. The van der Waals surface area contributed by atoms with Gasteiger partial charge < -0.3 is 5.32 Å². The zero-order valence-corrected chi connectivity index (χ0v) is 13.4. The molecular formula is C19H22N4. The Bertz CT molecular complexity index is 710. The first kappa shape index (κ1) is 14.4. The molecule has 4 heteroatoms. The van der Waals surface area contributed by atoms with Crippen molar-refractivity contribution in [3.63, 3.8) is 0 Å². The van der Waals surface area contributed by atoms with Crippen LogP contribution in [0.5, 0.6) is 0 Å². The normalized spacial score (nSPS) is 23.6. The minimum atomic E-state index is 0.259. The highest BCUT2D eigenvalue weighted by Gasteiger charge is 2.39. The van der Waals surface area contributed by atoms with Gasteiger partial charge in [0, 0.05) is 31.0 Å². The minimum absolute atomic E-state index is 0.259. The number of aromatic nitrogens is 1. The summed E-state index contributed by atoms with van der Waals surface area (Å²) >= 11 is 0. The molecule has 0 saturated carbocycles. The van der Waals surface area contributed by atoms with Crippen LogP contribution in [-0.2, 0) is 6.42 Å². The fourth-order valence-electron chi connectivity index (χ4n) is 3.62. The number of hydrogen-bond acceptors (Lipinski definition) is 4. The predicted molar refractivity (Wildman–Crippen MR) is 93.7 cm³/mol. The Morgan fingerprint density at radius 2 is 2.09 bits per heavy atom. The predicted octanol–water partition coefficient (Wildman–Crippen LogP) is 3.25. The highest BCUT2D eigenvalue weighted by Crippen LogP contribution is 2.30. The molecule has 1 unspecified atom stereocenters. The van der Waals surface area contributed by atoms with E-state index >= 15 is 0 Å². The molecule has 0 amide bonds. The van der Waals surface area contributed by atoms with Gasteiger partial charge in [-0.3, -0.25) is 14.9 Å². The molecule has 2 aliphatic heterocycles. The van der Waals surface area contributed by atoms with E-state index in [2.05, 4.69) is 52.5 Å². The van der Waals surface area contributed by atoms with Crippen molar-refractivity contribution >= 4 is 11.5 Å². The summed E-state index contributed by atoms with van der Waals surface area (Å²) in [6.07, 6.45) is 7.42.